The van der Waals surface area contributed by atoms with Crippen LogP contribution in [0.5, 0.6) is 0 Å². The van der Waals surface area contributed by atoms with Gasteiger partial charge in [-0.2, -0.15) is 0 Å². The van der Waals surface area contributed by atoms with E-state index in [0.29, 0.717) is 0 Å². The van der Waals surface area contributed by atoms with Crippen molar-refractivity contribution in [3.8, 4) is 50.6 Å². The van der Waals surface area contributed by atoms with Gasteiger partial charge in [-0.15, -0.1) is 0 Å². The molecule has 0 unspecified atom stereocenters. The molecule has 24 rings (SSSR count). The largest absolute Gasteiger partial charge is 0.309 e. The molecule has 0 fully saturated rings. The van der Waals surface area contributed by atoms with E-state index in [1.807, 2.05) is 18.3 Å². The average Bonchev–Trinajstić information content (AvgIpc) is 1.53. The van der Waals surface area contributed by atoms with E-state index in [0.717, 1.165) is 36.1 Å². The van der Waals surface area contributed by atoms with Crippen LogP contribution < -0.4 is 0 Å². The topological polar surface area (TPSA) is 27.7 Å². The summed E-state index contributed by atoms with van der Waals surface area (Å²) in [5.74, 6) is 0. The smallest absolute Gasteiger partial charge is 0.0702 e. The standard InChI is InChI=1S/C40H24BrN.C35H21BrN2.C32H20BrN/c41-27-21-17-25(18-22-27)26-19-23-28(24-20-26)42-39-35-15-7-3-11-31(35)29-9-1-5-13-33(29)37(39)38-34-14-6-2-10-30(34)32-12-4-8-16-36(32)40(38)42;36-24-16-19-31(37-21-24)23-13-17-25(18-14-23)38-32-20-15-22-7-1-2-8-26(22)33(32)34-29-11-5-3-9-27(29)28-10-4-6-12-30(28)35(34)38;33-27-13-9-21(10-14-27)22-11-15-28(16-12-22)34-31-19-25-7-3-1-5-23(25)17-29(31)30-18-24-6-2-4-8-26(24)20-32(30)34/h1-24H;1-21H;1-20H. The highest BCUT2D eigenvalue weighted by Crippen LogP contribution is 2.50. The third-order valence-electron chi connectivity index (χ3n) is 23.3. The first-order chi connectivity index (χ1) is 56.3. The Kier molecular flexibility index (Phi) is 16.4. The number of fused-ring (bicyclic) bond motifs is 28. The highest BCUT2D eigenvalue weighted by molar-refractivity contribution is 9.11. The number of halogens is 3. The second-order valence-corrected chi connectivity index (χ2v) is 32.3. The van der Waals surface area contributed by atoms with Crippen LogP contribution in [0.3, 0.4) is 0 Å². The van der Waals surface area contributed by atoms with Crippen molar-refractivity contribution in [2.75, 3.05) is 0 Å². The van der Waals surface area contributed by atoms with Gasteiger partial charge in [0.1, 0.15) is 0 Å². The normalized spacial score (nSPS) is 11.8. The second-order valence-electron chi connectivity index (χ2n) is 29.6. The Balaban J connectivity index is 0.000000105. The lowest BCUT2D eigenvalue weighted by atomic mass is 9.93. The van der Waals surface area contributed by atoms with Crippen molar-refractivity contribution < 1.29 is 0 Å². The summed E-state index contributed by atoms with van der Waals surface area (Å²) in [6.07, 6.45) is 1.85. The minimum atomic E-state index is 0.962. The minimum Gasteiger partial charge on any atom is -0.309 e. The van der Waals surface area contributed by atoms with E-state index < -0.39 is 0 Å². The van der Waals surface area contributed by atoms with Crippen LogP contribution >= 0.6 is 47.8 Å². The second kappa shape index (κ2) is 27.6. The van der Waals surface area contributed by atoms with Gasteiger partial charge in [0.05, 0.1) is 38.8 Å². The Labute approximate surface area is 681 Å². The van der Waals surface area contributed by atoms with Crippen LogP contribution in [0.15, 0.2) is 408 Å². The number of pyridine rings is 1. The first kappa shape index (κ1) is 67.6. The first-order valence-electron chi connectivity index (χ1n) is 38.5. The van der Waals surface area contributed by atoms with Crippen LogP contribution in [0.2, 0.25) is 0 Å². The van der Waals surface area contributed by atoms with Crippen molar-refractivity contribution in [1.82, 2.24) is 18.7 Å². The molecule has 0 aliphatic rings. The summed E-state index contributed by atoms with van der Waals surface area (Å²) in [5, 5.41) is 30.8. The Morgan fingerprint density at radius 1 is 0.184 bits per heavy atom. The number of benzene rings is 20. The van der Waals surface area contributed by atoms with Gasteiger partial charge in [-0.25, -0.2) is 0 Å². The lowest BCUT2D eigenvalue weighted by molar-refractivity contribution is 1.18. The van der Waals surface area contributed by atoms with E-state index in [9.17, 15) is 0 Å². The SMILES string of the molecule is Brc1ccc(-c2ccc(-n3c4c5ccccc5c5ccccc5c4c4c5ccccc5c5ccccc5c43)cc2)cc1.Brc1ccc(-c2ccc(-n3c4cc5ccccc5cc4c4cc5ccccc5cc43)cc2)cc1.Brc1ccc(-c2ccc(-n3c4ccc5ccccc5c4c4c5ccccc5c5ccccc5c43)cc2)nc1. The van der Waals surface area contributed by atoms with Crippen LogP contribution in [-0.2, 0) is 0 Å². The van der Waals surface area contributed by atoms with E-state index in [-0.39, 0.29) is 0 Å². The third-order valence-corrected chi connectivity index (χ3v) is 24.8. The summed E-state index contributed by atoms with van der Waals surface area (Å²) < 4.78 is 10.6. The van der Waals surface area contributed by atoms with Gasteiger partial charge in [-0.3, -0.25) is 4.98 Å². The van der Waals surface area contributed by atoms with Gasteiger partial charge < -0.3 is 13.7 Å². The van der Waals surface area contributed by atoms with E-state index in [1.54, 1.807) is 0 Å². The molecule has 0 aliphatic carbocycles. The Morgan fingerprint density at radius 3 is 0.886 bits per heavy atom. The van der Waals surface area contributed by atoms with Crippen molar-refractivity contribution in [2.45, 2.75) is 0 Å². The average molecular weight is 1650 g/mol. The molecule has 4 nitrogen and oxygen atoms in total. The van der Waals surface area contributed by atoms with Gasteiger partial charge in [0.25, 0.3) is 0 Å². The zero-order valence-electron chi connectivity index (χ0n) is 61.5. The monoisotopic (exact) mass is 1640 g/mol. The van der Waals surface area contributed by atoms with E-state index >= 15 is 0 Å². The van der Waals surface area contributed by atoms with E-state index in [2.05, 4.69) is 443 Å². The molecule has 4 heterocycles. The Morgan fingerprint density at radius 2 is 0.482 bits per heavy atom. The maximum atomic E-state index is 4.60. The van der Waals surface area contributed by atoms with Gasteiger partial charge in [0, 0.05) is 90.7 Å². The van der Waals surface area contributed by atoms with Crippen molar-refractivity contribution >= 4 is 210 Å². The molecular formula is C107H65Br3N4. The molecule has 7 heteroatoms. The maximum absolute atomic E-state index is 4.60. The summed E-state index contributed by atoms with van der Waals surface area (Å²) in [6.45, 7) is 0. The fourth-order valence-electron chi connectivity index (χ4n) is 18.2. The lowest BCUT2D eigenvalue weighted by Crippen LogP contribution is -1.96. The summed E-state index contributed by atoms with van der Waals surface area (Å²) in [5.41, 5.74) is 17.8. The molecule has 0 amide bonds. The zero-order chi connectivity index (χ0) is 75.6. The predicted octanol–water partition coefficient (Wildman–Crippen LogP) is 31.4. The van der Waals surface area contributed by atoms with Gasteiger partial charge in [0.15, 0.2) is 0 Å². The molecule has 0 N–H and O–H groups in total. The number of hydrogen-bond acceptors (Lipinski definition) is 1. The Hall–Kier alpha value is -13.3. The first-order valence-corrected chi connectivity index (χ1v) is 40.9. The molecule has 114 heavy (non-hydrogen) atoms. The van der Waals surface area contributed by atoms with Gasteiger partial charge in [-0.05, 0) is 222 Å². The van der Waals surface area contributed by atoms with Crippen LogP contribution in [0.25, 0.3) is 213 Å². The summed E-state index contributed by atoms with van der Waals surface area (Å²) in [4.78, 5) is 4.60. The van der Waals surface area contributed by atoms with Crippen molar-refractivity contribution in [3.63, 3.8) is 0 Å². The van der Waals surface area contributed by atoms with Crippen LogP contribution in [-0.4, -0.2) is 18.7 Å². The number of hydrogen-bond donors (Lipinski definition) is 0. The lowest BCUT2D eigenvalue weighted by Gasteiger charge is -2.14. The third kappa shape index (κ3) is 11.2. The van der Waals surface area contributed by atoms with Crippen LogP contribution in [0.4, 0.5) is 0 Å². The molecule has 0 saturated carbocycles. The fourth-order valence-corrected chi connectivity index (χ4v) is 18.9. The minimum absolute atomic E-state index is 0.962. The molecule has 24 aromatic rings. The summed E-state index contributed by atoms with van der Waals surface area (Å²) in [6, 6.07) is 141. The molecule has 0 bridgehead atoms. The molecule has 0 radical (unpaired) electrons. The maximum Gasteiger partial charge on any atom is 0.0702 e. The Bertz CT molecular complexity index is 7790. The van der Waals surface area contributed by atoms with E-state index in [4.69, 9.17) is 0 Å². The quantitative estimate of drug-likeness (QED) is 0.153. The van der Waals surface area contributed by atoms with Crippen LogP contribution in [0.1, 0.15) is 0 Å². The molecule has 0 saturated heterocycles. The molecule has 534 valence electrons. The summed E-state index contributed by atoms with van der Waals surface area (Å²) >= 11 is 10.6. The van der Waals surface area contributed by atoms with Crippen LogP contribution in [0, 0.1) is 0 Å². The fraction of sp³-hybridized carbons (Fsp3) is 0. The zero-order valence-corrected chi connectivity index (χ0v) is 66.2. The molecule has 20 aromatic carbocycles. The predicted molar refractivity (Wildman–Crippen MR) is 497 cm³/mol. The van der Waals surface area contributed by atoms with Crippen molar-refractivity contribution in [1.29, 1.82) is 0 Å². The molecule has 0 atom stereocenters. The molecule has 0 aliphatic heterocycles. The molecule has 0 spiro atoms. The van der Waals surface area contributed by atoms with Gasteiger partial charge in [0.2, 0.25) is 0 Å². The number of aromatic nitrogens is 4. The highest BCUT2D eigenvalue weighted by Gasteiger charge is 2.25. The van der Waals surface area contributed by atoms with Crippen molar-refractivity contribution in [3.05, 3.63) is 408 Å². The van der Waals surface area contributed by atoms with Gasteiger partial charge in [-0.1, -0.05) is 317 Å². The highest BCUT2D eigenvalue weighted by atomic mass is 79.9. The number of nitrogens with zero attached hydrogens (tertiary/aromatic N) is 4. The molecule has 4 aromatic heterocycles. The summed E-state index contributed by atoms with van der Waals surface area (Å²) in [7, 11) is 0. The van der Waals surface area contributed by atoms with Crippen molar-refractivity contribution in [2.24, 2.45) is 0 Å². The van der Waals surface area contributed by atoms with E-state index in [1.165, 1.54) is 190 Å². The number of rotatable bonds is 6. The molecular weight excluding hydrogens is 1580 g/mol. The van der Waals surface area contributed by atoms with Gasteiger partial charge >= 0.3 is 0 Å².